The van der Waals surface area contributed by atoms with Crippen molar-refractivity contribution in [1.29, 1.82) is 0 Å². The Morgan fingerprint density at radius 2 is 2.00 bits per heavy atom. The van der Waals surface area contributed by atoms with E-state index in [4.69, 9.17) is 4.74 Å². The van der Waals surface area contributed by atoms with Crippen molar-refractivity contribution < 1.29 is 4.74 Å². The van der Waals surface area contributed by atoms with Gasteiger partial charge in [-0.15, -0.1) is 0 Å². The second-order valence-corrected chi connectivity index (χ2v) is 3.45. The van der Waals surface area contributed by atoms with Crippen molar-refractivity contribution in [3.05, 3.63) is 41.5 Å². The average molecular weight is 220 g/mol. The molecule has 0 unspecified atom stereocenters. The van der Waals surface area contributed by atoms with Crippen LogP contribution in [0.5, 0.6) is 0 Å². The van der Waals surface area contributed by atoms with Crippen LogP contribution in [0.3, 0.4) is 0 Å². The molecule has 0 saturated carbocycles. The van der Waals surface area contributed by atoms with Crippen LogP contribution in [-0.2, 0) is 4.74 Å². The van der Waals surface area contributed by atoms with Crippen LogP contribution in [0.2, 0.25) is 0 Å². The molecule has 0 aliphatic carbocycles. The predicted octanol–water partition coefficient (Wildman–Crippen LogP) is 4.46. The molecule has 1 nitrogen and oxygen atoms in total. The van der Waals surface area contributed by atoms with Gasteiger partial charge in [0.1, 0.15) is 0 Å². The third-order valence-corrected chi connectivity index (χ3v) is 2.07. The maximum atomic E-state index is 4.98. The summed E-state index contributed by atoms with van der Waals surface area (Å²) in [6, 6.07) is 8.51. The van der Waals surface area contributed by atoms with E-state index in [-0.39, 0.29) is 0 Å². The van der Waals surface area contributed by atoms with E-state index in [9.17, 15) is 0 Å². The Kier molecular flexibility index (Phi) is 9.73. The van der Waals surface area contributed by atoms with Gasteiger partial charge in [0.15, 0.2) is 0 Å². The van der Waals surface area contributed by atoms with Gasteiger partial charge in [0.05, 0.1) is 0 Å². The van der Waals surface area contributed by atoms with Gasteiger partial charge in [-0.1, -0.05) is 55.8 Å². The molecule has 0 atom stereocenters. The second kappa shape index (κ2) is 10.4. The Hall–Kier alpha value is -1.08. The summed E-state index contributed by atoms with van der Waals surface area (Å²) in [7, 11) is 1.74. The fraction of sp³-hybridized carbons (Fsp3) is 0.467. The Morgan fingerprint density at radius 3 is 2.62 bits per heavy atom. The topological polar surface area (TPSA) is 9.23 Å². The molecule has 90 valence electrons. The van der Waals surface area contributed by atoms with Crippen molar-refractivity contribution in [3.63, 3.8) is 0 Å². The quantitative estimate of drug-likeness (QED) is 0.666. The van der Waals surface area contributed by atoms with Gasteiger partial charge in [0.2, 0.25) is 0 Å². The number of allylic oxidation sites excluding steroid dienone is 1. The lowest BCUT2D eigenvalue weighted by Crippen LogP contribution is -1.85. The van der Waals surface area contributed by atoms with Crippen molar-refractivity contribution in [2.75, 3.05) is 13.7 Å². The van der Waals surface area contributed by atoms with Crippen LogP contribution in [0.1, 0.15) is 37.8 Å². The molecule has 0 bridgehead atoms. The highest BCUT2D eigenvalue weighted by molar-refractivity contribution is 5.49. The van der Waals surface area contributed by atoms with Gasteiger partial charge >= 0.3 is 0 Å². The summed E-state index contributed by atoms with van der Waals surface area (Å²) in [6.07, 6.45) is 6.55. The molecule has 1 heteroatoms. The molecule has 0 aromatic heterocycles. The van der Waals surface area contributed by atoms with Crippen molar-refractivity contribution in [1.82, 2.24) is 0 Å². The van der Waals surface area contributed by atoms with Crippen LogP contribution in [0, 0.1) is 6.92 Å². The highest BCUT2D eigenvalue weighted by atomic mass is 16.5. The molecule has 16 heavy (non-hydrogen) atoms. The van der Waals surface area contributed by atoms with Crippen LogP contribution in [0.4, 0.5) is 0 Å². The van der Waals surface area contributed by atoms with Crippen LogP contribution >= 0.6 is 0 Å². The Bertz CT molecular complexity index is 289. The van der Waals surface area contributed by atoms with Crippen molar-refractivity contribution in [2.45, 2.75) is 33.6 Å². The number of hydrogen-bond donors (Lipinski definition) is 0. The molecular weight excluding hydrogens is 196 g/mol. The average Bonchev–Trinajstić information content (AvgIpc) is 2.32. The molecule has 0 fully saturated rings. The molecule has 0 spiro atoms. The van der Waals surface area contributed by atoms with Gasteiger partial charge in [-0.3, -0.25) is 0 Å². The first-order valence-electron chi connectivity index (χ1n) is 6.05. The number of rotatable bonds is 5. The van der Waals surface area contributed by atoms with Gasteiger partial charge in [-0.05, 0) is 25.3 Å². The molecule has 0 N–H and O–H groups in total. The lowest BCUT2D eigenvalue weighted by molar-refractivity contribution is 0.196. The summed E-state index contributed by atoms with van der Waals surface area (Å²) < 4.78 is 4.98. The van der Waals surface area contributed by atoms with Crippen molar-refractivity contribution >= 4 is 6.08 Å². The van der Waals surface area contributed by atoms with Crippen LogP contribution in [-0.4, -0.2) is 13.7 Å². The molecule has 1 rings (SSSR count). The zero-order valence-corrected chi connectivity index (χ0v) is 11.0. The Morgan fingerprint density at radius 1 is 1.25 bits per heavy atom. The minimum atomic E-state index is 0.845. The third-order valence-electron chi connectivity index (χ3n) is 2.07. The van der Waals surface area contributed by atoms with E-state index in [1.165, 1.54) is 11.1 Å². The fourth-order valence-electron chi connectivity index (χ4n) is 1.34. The largest absolute Gasteiger partial charge is 0.385 e. The first-order valence-corrected chi connectivity index (χ1v) is 6.05. The van der Waals surface area contributed by atoms with E-state index in [1.54, 1.807) is 7.11 Å². The van der Waals surface area contributed by atoms with Crippen molar-refractivity contribution in [2.24, 2.45) is 0 Å². The van der Waals surface area contributed by atoms with E-state index in [0.29, 0.717) is 0 Å². The molecule has 1 aromatic carbocycles. The number of benzene rings is 1. The monoisotopic (exact) mass is 220 g/mol. The van der Waals surface area contributed by atoms with Gasteiger partial charge in [-0.2, -0.15) is 0 Å². The predicted molar refractivity (Wildman–Crippen MR) is 72.7 cm³/mol. The Labute approximate surface area is 100 Å². The molecule has 0 aliphatic rings. The van der Waals surface area contributed by atoms with Gasteiger partial charge in [-0.25, -0.2) is 0 Å². The summed E-state index contributed by atoms with van der Waals surface area (Å²) in [5, 5.41) is 0. The summed E-state index contributed by atoms with van der Waals surface area (Å²) in [6.45, 7) is 6.96. The second-order valence-electron chi connectivity index (χ2n) is 3.45. The SMILES string of the molecule is CC.COCCC/C=C/c1cccc(C)c1. The molecule has 0 amide bonds. The number of methoxy groups -OCH3 is 1. The van der Waals surface area contributed by atoms with E-state index in [1.807, 2.05) is 13.8 Å². The summed E-state index contributed by atoms with van der Waals surface area (Å²) in [5.74, 6) is 0. The van der Waals surface area contributed by atoms with E-state index in [0.717, 1.165) is 19.4 Å². The molecule has 0 aliphatic heterocycles. The molecular formula is C15H24O. The summed E-state index contributed by atoms with van der Waals surface area (Å²) in [4.78, 5) is 0. The van der Waals surface area contributed by atoms with E-state index >= 15 is 0 Å². The van der Waals surface area contributed by atoms with E-state index in [2.05, 4.69) is 43.3 Å². The maximum Gasteiger partial charge on any atom is 0.0465 e. The van der Waals surface area contributed by atoms with Gasteiger partial charge < -0.3 is 4.74 Å². The van der Waals surface area contributed by atoms with Gasteiger partial charge in [0.25, 0.3) is 0 Å². The zero-order chi connectivity index (χ0) is 12.2. The lowest BCUT2D eigenvalue weighted by Gasteiger charge is -1.96. The highest BCUT2D eigenvalue weighted by Crippen LogP contribution is 2.06. The first-order chi connectivity index (χ1) is 7.83. The molecule has 0 radical (unpaired) electrons. The van der Waals surface area contributed by atoms with E-state index < -0.39 is 0 Å². The lowest BCUT2D eigenvalue weighted by atomic mass is 10.1. The molecule has 0 heterocycles. The molecule has 1 aromatic rings. The third kappa shape index (κ3) is 7.24. The summed E-state index contributed by atoms with van der Waals surface area (Å²) >= 11 is 0. The fourth-order valence-corrected chi connectivity index (χ4v) is 1.34. The summed E-state index contributed by atoms with van der Waals surface area (Å²) in [5.41, 5.74) is 2.59. The van der Waals surface area contributed by atoms with Crippen LogP contribution in [0.25, 0.3) is 6.08 Å². The van der Waals surface area contributed by atoms with Gasteiger partial charge in [0, 0.05) is 13.7 Å². The minimum absolute atomic E-state index is 0.845. The maximum absolute atomic E-state index is 4.98. The number of aryl methyl sites for hydroxylation is 1. The zero-order valence-electron chi connectivity index (χ0n) is 11.0. The van der Waals surface area contributed by atoms with Crippen LogP contribution < -0.4 is 0 Å². The van der Waals surface area contributed by atoms with Crippen LogP contribution in [0.15, 0.2) is 30.3 Å². The normalized spacial score (nSPS) is 10.0. The highest BCUT2D eigenvalue weighted by Gasteiger charge is 1.87. The van der Waals surface area contributed by atoms with Crippen molar-refractivity contribution in [3.8, 4) is 0 Å². The minimum Gasteiger partial charge on any atom is -0.385 e. The number of ether oxygens (including phenoxy) is 1. The smallest absolute Gasteiger partial charge is 0.0465 e. The number of unbranched alkanes of at least 4 members (excludes halogenated alkanes) is 1. The standard InChI is InChI=1S/C13H18O.C2H6/c1-12-7-6-9-13(11-12)8-4-3-5-10-14-2;1-2/h4,6-9,11H,3,5,10H2,1-2H3;1-2H3/b8-4+;. The Balaban J connectivity index is 0.00000106. The first kappa shape index (κ1) is 14.9. The number of hydrogen-bond acceptors (Lipinski definition) is 1. The molecule has 0 saturated heterocycles.